The second kappa shape index (κ2) is 4.42. The summed E-state index contributed by atoms with van der Waals surface area (Å²) >= 11 is 0. The zero-order valence-corrected chi connectivity index (χ0v) is 8.00. The normalized spacial score (nSPS) is 13.1. The monoisotopic (exact) mass is 181 g/mol. The second-order valence-corrected chi connectivity index (χ2v) is 3.38. The van der Waals surface area contributed by atoms with Gasteiger partial charge >= 0.3 is 9.17 Å². The molecule has 0 aromatic rings. The van der Waals surface area contributed by atoms with Gasteiger partial charge in [-0.15, -0.1) is 0 Å². The molecule has 0 fully saturated rings. The van der Waals surface area contributed by atoms with Crippen molar-refractivity contribution in [1.82, 2.24) is 6.15 Å². The summed E-state index contributed by atoms with van der Waals surface area (Å²) in [5.74, 6) is 0. The van der Waals surface area contributed by atoms with E-state index in [1.54, 1.807) is 13.8 Å². The average molecular weight is 181 g/mol. The molecule has 0 aliphatic rings. The van der Waals surface area contributed by atoms with Crippen molar-refractivity contribution in [1.29, 1.82) is 0 Å². The number of rotatable bonds is 3. The first-order valence-corrected chi connectivity index (χ1v) is 4.22. The molecule has 68 valence electrons. The van der Waals surface area contributed by atoms with Gasteiger partial charge in [0.25, 0.3) is 0 Å². The zero-order chi connectivity index (χ0) is 8.36. The number of aliphatic hydroxyl groups is 1. The van der Waals surface area contributed by atoms with E-state index in [4.69, 9.17) is 9.90 Å². The third-order valence-corrected chi connectivity index (χ3v) is 2.06. The molecule has 0 radical (unpaired) electrons. The first-order chi connectivity index (χ1) is 4.36. The molecule has 6 heteroatoms. The predicted octanol–water partition coefficient (Wildman–Crippen LogP) is -0.268. The molecule has 1 unspecified atom stereocenters. The second-order valence-electron chi connectivity index (χ2n) is 2.65. The molecular weight excluding hydrogens is 166 g/mol. The third-order valence-electron chi connectivity index (χ3n) is 1.36. The Bertz CT molecular complexity index is 136. The van der Waals surface area contributed by atoms with Gasteiger partial charge in [0.2, 0.25) is 0 Å². The number of aliphatic hydroxyl groups excluding tert-OH is 1. The highest BCUT2D eigenvalue weighted by Crippen LogP contribution is 2.13. The molecule has 0 saturated carbocycles. The minimum Gasteiger partial charge on any atom is -0.511 e. The first-order valence-electron chi connectivity index (χ1n) is 2.96. The molecule has 0 aromatic heterocycles. The quantitative estimate of drug-likeness (QED) is 0.520. The van der Waals surface area contributed by atoms with Gasteiger partial charge in [0.1, 0.15) is 5.60 Å². The molecule has 0 amide bonds. The van der Waals surface area contributed by atoms with E-state index >= 15 is 0 Å². The summed E-state index contributed by atoms with van der Waals surface area (Å²) in [6.45, 7) is 4.61. The van der Waals surface area contributed by atoms with Crippen molar-refractivity contribution in [3.63, 3.8) is 0 Å². The van der Waals surface area contributed by atoms with Crippen molar-refractivity contribution in [2.45, 2.75) is 32.5 Å². The van der Waals surface area contributed by atoms with Crippen LogP contribution in [0.4, 0.5) is 0 Å². The van der Waals surface area contributed by atoms with E-state index < -0.39 is 20.9 Å². The lowest BCUT2D eigenvalue weighted by Gasteiger charge is -2.26. The molecule has 5 N–H and O–H groups in total. The summed E-state index contributed by atoms with van der Waals surface area (Å²) in [4.78, 5) is 8.35. The summed E-state index contributed by atoms with van der Waals surface area (Å²) in [6.07, 6.45) is -0.756. The van der Waals surface area contributed by atoms with Gasteiger partial charge in [-0.25, -0.2) is 0 Å². The summed E-state index contributed by atoms with van der Waals surface area (Å²) in [5.41, 5.74) is -0.940. The molecule has 11 heavy (non-hydrogen) atoms. The van der Waals surface area contributed by atoms with Crippen LogP contribution < -0.4 is 6.15 Å². The Morgan fingerprint density at radius 1 is 1.55 bits per heavy atom. The SMILES string of the molecule is CC(O)C(C)(C)O[Si](=O)O.N. The maximum atomic E-state index is 10.2. The fourth-order valence-electron chi connectivity index (χ4n) is 0.310. The van der Waals surface area contributed by atoms with Crippen LogP contribution in [-0.2, 0) is 8.89 Å². The van der Waals surface area contributed by atoms with Crippen molar-refractivity contribution in [2.24, 2.45) is 0 Å². The Hall–Kier alpha value is -0.463. The van der Waals surface area contributed by atoms with E-state index in [1.807, 2.05) is 0 Å². The van der Waals surface area contributed by atoms with Crippen LogP contribution >= 0.6 is 0 Å². The Kier molecular flexibility index (Phi) is 5.29. The minimum atomic E-state index is -2.95. The highest BCUT2D eigenvalue weighted by atomic mass is 28.3. The molecule has 1 atom stereocenters. The Labute approximate surface area is 67.5 Å². The Morgan fingerprint density at radius 2 is 1.91 bits per heavy atom. The van der Waals surface area contributed by atoms with Crippen molar-refractivity contribution in [3.8, 4) is 0 Å². The lowest BCUT2D eigenvalue weighted by atomic mass is 10.0. The maximum absolute atomic E-state index is 10.2. The molecule has 0 heterocycles. The van der Waals surface area contributed by atoms with Gasteiger partial charge in [0.15, 0.2) is 0 Å². The topological polar surface area (TPSA) is 102 Å². The van der Waals surface area contributed by atoms with Crippen LogP contribution in [0.5, 0.6) is 0 Å². The van der Waals surface area contributed by atoms with Gasteiger partial charge in [-0.3, -0.25) is 4.46 Å². The third kappa shape index (κ3) is 4.88. The van der Waals surface area contributed by atoms with Gasteiger partial charge in [0, 0.05) is 0 Å². The highest BCUT2D eigenvalue weighted by Gasteiger charge is 2.29. The van der Waals surface area contributed by atoms with E-state index in [1.165, 1.54) is 6.92 Å². The zero-order valence-electron chi connectivity index (χ0n) is 7.00. The van der Waals surface area contributed by atoms with Gasteiger partial charge in [-0.1, -0.05) is 0 Å². The summed E-state index contributed by atoms with van der Waals surface area (Å²) in [7, 11) is -2.95. The molecule has 0 bridgehead atoms. The van der Waals surface area contributed by atoms with Gasteiger partial charge in [-0.05, 0) is 20.8 Å². The van der Waals surface area contributed by atoms with Crippen LogP contribution in [0, 0.1) is 0 Å². The fourth-order valence-corrected chi connectivity index (χ4v) is 0.931. The summed E-state index contributed by atoms with van der Waals surface area (Å²) in [6, 6.07) is 0. The van der Waals surface area contributed by atoms with E-state index in [0.717, 1.165) is 0 Å². The van der Waals surface area contributed by atoms with Crippen molar-refractivity contribution >= 4 is 9.17 Å². The molecule has 0 aromatic carbocycles. The average Bonchev–Trinajstić information content (AvgIpc) is 1.60. The minimum absolute atomic E-state index is 0. The van der Waals surface area contributed by atoms with Crippen LogP contribution in [-0.4, -0.2) is 30.8 Å². The van der Waals surface area contributed by atoms with E-state index in [9.17, 15) is 4.46 Å². The van der Waals surface area contributed by atoms with Crippen LogP contribution in [0.15, 0.2) is 0 Å². The van der Waals surface area contributed by atoms with Crippen LogP contribution in [0.25, 0.3) is 0 Å². The number of hydrogen-bond donors (Lipinski definition) is 3. The fraction of sp³-hybridized carbons (Fsp3) is 1.00. The first kappa shape index (κ1) is 13.2. The molecule has 0 spiro atoms. The van der Waals surface area contributed by atoms with Crippen LogP contribution in [0.3, 0.4) is 0 Å². The maximum Gasteiger partial charge on any atom is 0.765 e. The lowest BCUT2D eigenvalue weighted by Crippen LogP contribution is -2.39. The van der Waals surface area contributed by atoms with E-state index in [0.29, 0.717) is 0 Å². The number of hydrogen-bond acceptors (Lipinski definition) is 4. The molecular formula is C5H15NO4Si. The van der Waals surface area contributed by atoms with E-state index in [2.05, 4.69) is 4.43 Å². The largest absolute Gasteiger partial charge is 0.765 e. The van der Waals surface area contributed by atoms with Gasteiger partial charge < -0.3 is 20.5 Å². The van der Waals surface area contributed by atoms with Crippen molar-refractivity contribution in [2.75, 3.05) is 0 Å². The van der Waals surface area contributed by atoms with Crippen molar-refractivity contribution < 1.29 is 18.8 Å². The smallest absolute Gasteiger partial charge is 0.511 e. The molecule has 5 nitrogen and oxygen atoms in total. The summed E-state index contributed by atoms with van der Waals surface area (Å²) in [5, 5.41) is 8.97. The van der Waals surface area contributed by atoms with Crippen LogP contribution in [0.1, 0.15) is 20.8 Å². The van der Waals surface area contributed by atoms with Gasteiger partial charge in [-0.2, -0.15) is 0 Å². The molecule has 0 aliphatic heterocycles. The highest BCUT2D eigenvalue weighted by molar-refractivity contribution is 6.24. The Balaban J connectivity index is 0. The van der Waals surface area contributed by atoms with E-state index in [-0.39, 0.29) is 6.15 Å². The van der Waals surface area contributed by atoms with Crippen molar-refractivity contribution in [3.05, 3.63) is 0 Å². The van der Waals surface area contributed by atoms with Gasteiger partial charge in [0.05, 0.1) is 6.10 Å². The molecule has 0 rings (SSSR count). The standard InChI is InChI=1S/C5H12O4Si.H3N/c1-4(6)5(2,3)9-10(7)8;/h4,6-7H,1-3H3;1H3. The molecule has 0 aliphatic carbocycles. The summed E-state index contributed by atoms with van der Waals surface area (Å²) < 4.78 is 14.7. The predicted molar refractivity (Wildman–Crippen MR) is 40.5 cm³/mol. The Morgan fingerprint density at radius 3 is 2.00 bits per heavy atom. The molecule has 0 saturated heterocycles. The lowest BCUT2D eigenvalue weighted by molar-refractivity contribution is -0.0351. The van der Waals surface area contributed by atoms with Crippen LogP contribution in [0.2, 0.25) is 0 Å².